The number of para-hydroxylation sites is 1. The third kappa shape index (κ3) is 8.43. The van der Waals surface area contributed by atoms with Crippen LogP contribution in [0.4, 0.5) is 0 Å². The van der Waals surface area contributed by atoms with E-state index in [-0.39, 0.29) is 5.97 Å². The topological polar surface area (TPSA) is 35.5 Å². The van der Waals surface area contributed by atoms with Crippen molar-refractivity contribution in [2.75, 3.05) is 13.2 Å². The fraction of sp³-hybridized carbons (Fsp3) is 0.400. The lowest BCUT2D eigenvalue weighted by molar-refractivity contribution is -0.137. The molecule has 0 heterocycles. The first-order valence-electron chi connectivity index (χ1n) is 10.4. The maximum atomic E-state index is 10.9. The lowest BCUT2D eigenvalue weighted by atomic mass is 10.0. The molecule has 0 aliphatic rings. The molecular weight excluding hydrogens is 348 g/mol. The minimum Gasteiger partial charge on any atom is -0.493 e. The van der Waals surface area contributed by atoms with Gasteiger partial charge >= 0.3 is 5.97 Å². The van der Waals surface area contributed by atoms with Gasteiger partial charge in [-0.1, -0.05) is 93.6 Å². The van der Waals surface area contributed by atoms with Crippen molar-refractivity contribution in [3.05, 3.63) is 67.3 Å². The molecule has 0 radical (unpaired) electrons. The van der Waals surface area contributed by atoms with Crippen molar-refractivity contribution >= 4 is 5.97 Å². The predicted octanol–water partition coefficient (Wildman–Crippen LogP) is 6.58. The summed E-state index contributed by atoms with van der Waals surface area (Å²) >= 11 is 0. The van der Waals surface area contributed by atoms with E-state index in [1.807, 2.05) is 12.1 Å². The van der Waals surface area contributed by atoms with Gasteiger partial charge in [0.1, 0.15) is 5.75 Å². The zero-order valence-electron chi connectivity index (χ0n) is 16.8. The molecule has 0 saturated heterocycles. The molecule has 0 fully saturated rings. The second-order valence-corrected chi connectivity index (χ2v) is 6.91. The Labute approximate surface area is 169 Å². The van der Waals surface area contributed by atoms with Crippen LogP contribution in [-0.4, -0.2) is 19.2 Å². The summed E-state index contributed by atoms with van der Waals surface area (Å²) in [7, 11) is 0. The molecule has 0 unspecified atom stereocenters. The van der Waals surface area contributed by atoms with Gasteiger partial charge in [-0.25, -0.2) is 4.79 Å². The number of carbonyl (C=O) groups excluding carboxylic acids is 1. The average Bonchev–Trinajstić information content (AvgIpc) is 2.75. The van der Waals surface area contributed by atoms with Crippen LogP contribution < -0.4 is 4.74 Å². The van der Waals surface area contributed by atoms with Crippen LogP contribution in [0.2, 0.25) is 0 Å². The van der Waals surface area contributed by atoms with Crippen LogP contribution in [0.15, 0.2) is 67.3 Å². The number of benzene rings is 2. The molecule has 0 aromatic heterocycles. The number of unbranched alkanes of at least 4 members (excludes halogenated alkanes) is 7. The number of ether oxygens (including phenoxy) is 2. The summed E-state index contributed by atoms with van der Waals surface area (Å²) in [6.45, 7) is 4.65. The van der Waals surface area contributed by atoms with Gasteiger partial charge in [-0.3, -0.25) is 0 Å². The first-order chi connectivity index (χ1) is 13.8. The Morgan fingerprint density at radius 3 is 2.00 bits per heavy atom. The van der Waals surface area contributed by atoms with Crippen LogP contribution in [0.5, 0.6) is 5.75 Å². The molecule has 2 rings (SSSR count). The molecule has 2 aromatic carbocycles. The molecule has 0 aliphatic heterocycles. The van der Waals surface area contributed by atoms with Gasteiger partial charge in [0, 0.05) is 11.6 Å². The highest BCUT2D eigenvalue weighted by Crippen LogP contribution is 2.29. The van der Waals surface area contributed by atoms with Gasteiger partial charge in [0.05, 0.1) is 13.2 Å². The molecule has 3 heteroatoms. The van der Waals surface area contributed by atoms with Gasteiger partial charge in [-0.05, 0) is 24.5 Å². The molecule has 3 nitrogen and oxygen atoms in total. The van der Waals surface area contributed by atoms with Crippen molar-refractivity contribution < 1.29 is 14.3 Å². The molecule has 0 amide bonds. The second kappa shape index (κ2) is 13.6. The summed E-state index contributed by atoms with van der Waals surface area (Å²) in [4.78, 5) is 10.9. The highest BCUT2D eigenvalue weighted by atomic mass is 16.5. The van der Waals surface area contributed by atoms with E-state index in [1.165, 1.54) is 43.7 Å². The quantitative estimate of drug-likeness (QED) is 0.211. The van der Waals surface area contributed by atoms with Gasteiger partial charge in [-0.15, -0.1) is 0 Å². The monoisotopic (exact) mass is 380 g/mol. The Hall–Kier alpha value is -2.55. The summed E-state index contributed by atoms with van der Waals surface area (Å²) in [5, 5.41) is 0. The standard InChI is InChI=1S/C25H32O3/c1-2-25(26)28-21-15-8-6-4-3-5-7-14-20-27-24-19-13-12-18-23(24)22-16-10-9-11-17-22/h2,9-13,16-19H,1,3-8,14-15,20-21H2. The molecule has 0 spiro atoms. The fourth-order valence-electron chi connectivity index (χ4n) is 3.13. The minimum absolute atomic E-state index is 0.325. The van der Waals surface area contributed by atoms with Crippen LogP contribution in [0.3, 0.4) is 0 Å². The van der Waals surface area contributed by atoms with Crippen LogP contribution in [0, 0.1) is 0 Å². The van der Waals surface area contributed by atoms with Gasteiger partial charge in [-0.2, -0.15) is 0 Å². The molecule has 0 bridgehead atoms. The first-order valence-corrected chi connectivity index (χ1v) is 10.4. The fourth-order valence-corrected chi connectivity index (χ4v) is 3.13. The van der Waals surface area contributed by atoms with E-state index in [9.17, 15) is 4.79 Å². The van der Waals surface area contributed by atoms with E-state index in [0.29, 0.717) is 6.61 Å². The number of carbonyl (C=O) groups is 1. The second-order valence-electron chi connectivity index (χ2n) is 6.91. The predicted molar refractivity (Wildman–Crippen MR) is 115 cm³/mol. The Morgan fingerprint density at radius 1 is 0.750 bits per heavy atom. The lowest BCUT2D eigenvalue weighted by Crippen LogP contribution is -2.01. The Kier molecular flexibility index (Phi) is 10.6. The number of hydrogen-bond donors (Lipinski definition) is 0. The van der Waals surface area contributed by atoms with E-state index < -0.39 is 0 Å². The van der Waals surface area contributed by atoms with Gasteiger partial charge in [0.2, 0.25) is 0 Å². The van der Waals surface area contributed by atoms with Crippen molar-refractivity contribution in [1.82, 2.24) is 0 Å². The van der Waals surface area contributed by atoms with Crippen molar-refractivity contribution in [2.45, 2.75) is 51.4 Å². The smallest absolute Gasteiger partial charge is 0.330 e. The SMILES string of the molecule is C=CC(=O)OCCCCCCCCCCOc1ccccc1-c1ccccc1. The molecule has 150 valence electrons. The molecule has 2 aromatic rings. The molecular formula is C25H32O3. The number of esters is 1. The summed E-state index contributed by atoms with van der Waals surface area (Å²) < 4.78 is 11.0. The average molecular weight is 381 g/mol. The summed E-state index contributed by atoms with van der Waals surface area (Å²) in [5.41, 5.74) is 2.35. The van der Waals surface area contributed by atoms with E-state index in [2.05, 4.69) is 49.0 Å². The van der Waals surface area contributed by atoms with E-state index >= 15 is 0 Å². The van der Waals surface area contributed by atoms with Crippen LogP contribution in [0.1, 0.15) is 51.4 Å². The Morgan fingerprint density at radius 2 is 1.32 bits per heavy atom. The number of rotatable bonds is 14. The van der Waals surface area contributed by atoms with Crippen molar-refractivity contribution in [3.63, 3.8) is 0 Å². The third-order valence-electron chi connectivity index (χ3n) is 4.68. The van der Waals surface area contributed by atoms with Gasteiger partial charge in [0.15, 0.2) is 0 Å². The summed E-state index contributed by atoms with van der Waals surface area (Å²) in [5.74, 6) is 0.638. The maximum absolute atomic E-state index is 10.9. The van der Waals surface area contributed by atoms with E-state index in [1.54, 1.807) is 0 Å². The van der Waals surface area contributed by atoms with Gasteiger partial charge < -0.3 is 9.47 Å². The van der Waals surface area contributed by atoms with Crippen LogP contribution >= 0.6 is 0 Å². The van der Waals surface area contributed by atoms with Gasteiger partial charge in [0.25, 0.3) is 0 Å². The lowest BCUT2D eigenvalue weighted by Gasteiger charge is -2.11. The Bertz CT molecular complexity index is 694. The highest BCUT2D eigenvalue weighted by Gasteiger charge is 2.05. The van der Waals surface area contributed by atoms with Crippen LogP contribution in [-0.2, 0) is 9.53 Å². The molecule has 28 heavy (non-hydrogen) atoms. The van der Waals surface area contributed by atoms with Crippen LogP contribution in [0.25, 0.3) is 11.1 Å². The minimum atomic E-state index is -0.325. The van der Waals surface area contributed by atoms with Crippen molar-refractivity contribution in [1.29, 1.82) is 0 Å². The van der Waals surface area contributed by atoms with E-state index in [0.717, 1.165) is 37.2 Å². The summed E-state index contributed by atoms with van der Waals surface area (Å²) in [6.07, 6.45) is 10.5. The zero-order valence-corrected chi connectivity index (χ0v) is 16.8. The molecule has 0 N–H and O–H groups in total. The summed E-state index contributed by atoms with van der Waals surface area (Å²) in [6, 6.07) is 18.6. The van der Waals surface area contributed by atoms with Crippen molar-refractivity contribution in [2.24, 2.45) is 0 Å². The Balaban J connectivity index is 1.51. The van der Waals surface area contributed by atoms with E-state index in [4.69, 9.17) is 9.47 Å². The maximum Gasteiger partial charge on any atom is 0.330 e. The largest absolute Gasteiger partial charge is 0.493 e. The zero-order chi connectivity index (χ0) is 19.9. The van der Waals surface area contributed by atoms with Crippen molar-refractivity contribution in [3.8, 4) is 16.9 Å². The molecule has 0 atom stereocenters. The molecule has 0 aliphatic carbocycles. The molecule has 0 saturated carbocycles. The highest BCUT2D eigenvalue weighted by molar-refractivity contribution is 5.81. The first kappa shape index (κ1) is 21.7. The third-order valence-corrected chi connectivity index (χ3v) is 4.68. The number of hydrogen-bond acceptors (Lipinski definition) is 3. The normalized spacial score (nSPS) is 10.4.